The van der Waals surface area contributed by atoms with Crippen molar-refractivity contribution >= 4 is 17.2 Å². The first kappa shape index (κ1) is 15.9. The summed E-state index contributed by atoms with van der Waals surface area (Å²) in [5.74, 6) is 0.836. The normalized spacial score (nSPS) is 22.5. The van der Waals surface area contributed by atoms with Crippen LogP contribution in [0.1, 0.15) is 11.1 Å². The summed E-state index contributed by atoms with van der Waals surface area (Å²) in [6.45, 7) is 2.88. The van der Waals surface area contributed by atoms with Crippen LogP contribution in [0.4, 0.5) is 11.4 Å². The quantitative estimate of drug-likeness (QED) is 0.891. The van der Waals surface area contributed by atoms with Crippen LogP contribution in [-0.2, 0) is 10.3 Å². The highest BCUT2D eigenvalue weighted by molar-refractivity contribution is 6.01. The van der Waals surface area contributed by atoms with Gasteiger partial charge < -0.3 is 25.2 Å². The van der Waals surface area contributed by atoms with Crippen LogP contribution in [-0.4, -0.2) is 44.4 Å². The summed E-state index contributed by atoms with van der Waals surface area (Å²) in [7, 11) is 1.60. The minimum atomic E-state index is -1.47. The number of para-hydroxylation sites is 1. The molecule has 25 heavy (non-hydrogen) atoms. The number of fused-ring (bicyclic) bond motifs is 1. The van der Waals surface area contributed by atoms with E-state index in [9.17, 15) is 5.11 Å². The number of morpholine rings is 1. The van der Waals surface area contributed by atoms with Gasteiger partial charge in [-0.3, -0.25) is 0 Å². The highest BCUT2D eigenvalue weighted by Crippen LogP contribution is 2.46. The molecule has 2 aliphatic heterocycles. The number of nitrogens with two attached hydrogens (primary N) is 1. The van der Waals surface area contributed by atoms with Gasteiger partial charge in [-0.1, -0.05) is 18.2 Å². The number of aliphatic hydroxyl groups is 1. The third kappa shape index (κ3) is 2.45. The molecule has 6 heteroatoms. The van der Waals surface area contributed by atoms with Crippen LogP contribution in [0.2, 0.25) is 0 Å². The maximum atomic E-state index is 11.6. The molecule has 0 radical (unpaired) electrons. The molecule has 2 aromatic rings. The summed E-state index contributed by atoms with van der Waals surface area (Å²) in [6, 6.07) is 13.2. The lowest BCUT2D eigenvalue weighted by atomic mass is 9.85. The van der Waals surface area contributed by atoms with Crippen LogP contribution in [0.5, 0.6) is 5.75 Å². The van der Waals surface area contributed by atoms with E-state index in [1.807, 2.05) is 36.4 Å². The van der Waals surface area contributed by atoms with Crippen molar-refractivity contribution in [1.82, 2.24) is 0 Å². The van der Waals surface area contributed by atoms with E-state index < -0.39 is 5.60 Å². The molecule has 2 heterocycles. The molecule has 2 aromatic carbocycles. The van der Waals surface area contributed by atoms with Crippen molar-refractivity contribution in [3.63, 3.8) is 0 Å². The minimum absolute atomic E-state index is 0.177. The Morgan fingerprint density at radius 3 is 2.68 bits per heavy atom. The lowest BCUT2D eigenvalue weighted by Gasteiger charge is -2.34. The molecule has 1 unspecified atom stereocenters. The predicted molar refractivity (Wildman–Crippen MR) is 96.7 cm³/mol. The smallest absolute Gasteiger partial charge is 0.176 e. The molecule has 2 aliphatic rings. The second-order valence-electron chi connectivity index (χ2n) is 6.21. The van der Waals surface area contributed by atoms with Crippen LogP contribution in [0.3, 0.4) is 0 Å². The van der Waals surface area contributed by atoms with Gasteiger partial charge in [0.05, 0.1) is 26.0 Å². The van der Waals surface area contributed by atoms with Crippen LogP contribution in [0.15, 0.2) is 47.5 Å². The Labute approximate surface area is 146 Å². The van der Waals surface area contributed by atoms with Gasteiger partial charge in [0, 0.05) is 29.9 Å². The number of methoxy groups -OCH3 is 1. The number of anilines is 1. The maximum Gasteiger partial charge on any atom is 0.176 e. The van der Waals surface area contributed by atoms with Gasteiger partial charge in [0.15, 0.2) is 5.60 Å². The van der Waals surface area contributed by atoms with Crippen LogP contribution in [0, 0.1) is 0 Å². The molecule has 6 nitrogen and oxygen atoms in total. The fourth-order valence-corrected chi connectivity index (χ4v) is 3.52. The number of hydrogen-bond acceptors (Lipinski definition) is 6. The second kappa shape index (κ2) is 6.06. The van der Waals surface area contributed by atoms with Gasteiger partial charge in [0.25, 0.3) is 0 Å². The number of hydrogen-bond donors (Lipinski definition) is 2. The summed E-state index contributed by atoms with van der Waals surface area (Å²) in [5, 5.41) is 11.6. The molecule has 0 bridgehead atoms. The first-order valence-corrected chi connectivity index (χ1v) is 8.32. The van der Waals surface area contributed by atoms with Crippen molar-refractivity contribution in [2.24, 2.45) is 10.7 Å². The Kier molecular flexibility index (Phi) is 3.86. The number of amidine groups is 1. The first-order valence-electron chi connectivity index (χ1n) is 8.32. The lowest BCUT2D eigenvalue weighted by molar-refractivity contribution is 0.121. The van der Waals surface area contributed by atoms with E-state index in [1.165, 1.54) is 0 Å². The molecular formula is C19H21N3O3. The van der Waals surface area contributed by atoms with Crippen molar-refractivity contribution in [2.75, 3.05) is 38.3 Å². The average Bonchev–Trinajstić information content (AvgIpc) is 2.93. The Bertz CT molecular complexity index is 830. The molecule has 1 saturated heterocycles. The van der Waals surface area contributed by atoms with Gasteiger partial charge in [-0.15, -0.1) is 0 Å². The van der Waals surface area contributed by atoms with Gasteiger partial charge in [-0.25, -0.2) is 4.99 Å². The molecule has 3 N–H and O–H groups in total. The zero-order valence-corrected chi connectivity index (χ0v) is 14.1. The topological polar surface area (TPSA) is 80.3 Å². The zero-order valence-electron chi connectivity index (χ0n) is 14.1. The Balaban J connectivity index is 1.86. The Hall–Kier alpha value is -2.57. The fraction of sp³-hybridized carbons (Fsp3) is 0.316. The minimum Gasteiger partial charge on any atom is -0.497 e. The fourth-order valence-electron chi connectivity index (χ4n) is 3.52. The van der Waals surface area contributed by atoms with Gasteiger partial charge in [0.1, 0.15) is 11.6 Å². The molecule has 1 fully saturated rings. The number of nitrogens with zero attached hydrogens (tertiary/aromatic N) is 2. The maximum absolute atomic E-state index is 11.6. The SMILES string of the molecule is COc1ccc2c(c1)C(O)(c1ccccc1N1CCOCC1)C(N)=N2. The van der Waals surface area contributed by atoms with E-state index in [1.54, 1.807) is 13.2 Å². The molecule has 4 rings (SSSR count). The molecule has 0 spiro atoms. The summed E-state index contributed by atoms with van der Waals surface area (Å²) in [6.07, 6.45) is 0. The van der Waals surface area contributed by atoms with E-state index in [0.717, 1.165) is 24.3 Å². The van der Waals surface area contributed by atoms with Crippen LogP contribution >= 0.6 is 0 Å². The third-order valence-electron chi connectivity index (χ3n) is 4.85. The van der Waals surface area contributed by atoms with Gasteiger partial charge in [-0.2, -0.15) is 0 Å². The Morgan fingerprint density at radius 2 is 1.92 bits per heavy atom. The van der Waals surface area contributed by atoms with Crippen molar-refractivity contribution in [3.8, 4) is 5.75 Å². The van der Waals surface area contributed by atoms with Gasteiger partial charge >= 0.3 is 0 Å². The summed E-state index contributed by atoms with van der Waals surface area (Å²) in [5.41, 5.74) is 7.71. The summed E-state index contributed by atoms with van der Waals surface area (Å²) >= 11 is 0. The zero-order chi connectivity index (χ0) is 17.4. The first-order chi connectivity index (χ1) is 12.1. The van der Waals surface area contributed by atoms with Crippen molar-refractivity contribution < 1.29 is 14.6 Å². The average molecular weight is 339 g/mol. The number of aliphatic imine (C=N–C) groups is 1. The number of rotatable bonds is 3. The van der Waals surface area contributed by atoms with Crippen molar-refractivity contribution in [1.29, 1.82) is 0 Å². The van der Waals surface area contributed by atoms with E-state index >= 15 is 0 Å². The second-order valence-corrected chi connectivity index (χ2v) is 6.21. The van der Waals surface area contributed by atoms with E-state index in [0.29, 0.717) is 30.2 Å². The molecule has 0 amide bonds. The monoisotopic (exact) mass is 339 g/mol. The molecule has 0 aliphatic carbocycles. The molecule has 130 valence electrons. The van der Waals surface area contributed by atoms with Crippen LogP contribution in [0.25, 0.3) is 0 Å². The Morgan fingerprint density at radius 1 is 1.16 bits per heavy atom. The number of benzene rings is 2. The van der Waals surface area contributed by atoms with Crippen LogP contribution < -0.4 is 15.4 Å². The lowest BCUT2D eigenvalue weighted by Crippen LogP contribution is -2.43. The summed E-state index contributed by atoms with van der Waals surface area (Å²) in [4.78, 5) is 6.60. The van der Waals surface area contributed by atoms with Gasteiger partial charge in [-0.05, 0) is 24.3 Å². The third-order valence-corrected chi connectivity index (χ3v) is 4.85. The summed E-state index contributed by atoms with van der Waals surface area (Å²) < 4.78 is 10.8. The molecule has 0 aromatic heterocycles. The van der Waals surface area contributed by atoms with Crippen molar-refractivity contribution in [2.45, 2.75) is 5.60 Å². The van der Waals surface area contributed by atoms with Crippen molar-refractivity contribution in [3.05, 3.63) is 53.6 Å². The van der Waals surface area contributed by atoms with E-state index in [2.05, 4.69) is 9.89 Å². The van der Waals surface area contributed by atoms with E-state index in [-0.39, 0.29) is 5.84 Å². The highest BCUT2D eigenvalue weighted by Gasteiger charge is 2.44. The van der Waals surface area contributed by atoms with E-state index in [4.69, 9.17) is 15.2 Å². The molecule has 0 saturated carbocycles. The van der Waals surface area contributed by atoms with Gasteiger partial charge in [0.2, 0.25) is 0 Å². The molecular weight excluding hydrogens is 318 g/mol. The highest BCUT2D eigenvalue weighted by atomic mass is 16.5. The standard InChI is InChI=1S/C19H21N3O3/c1-24-13-6-7-16-15(12-13)19(23,18(20)21-16)14-4-2-3-5-17(14)22-8-10-25-11-9-22/h2-7,12,23H,8-11H2,1H3,(H2,20,21). The number of ether oxygens (including phenoxy) is 2. The molecule has 1 atom stereocenters. The predicted octanol–water partition coefficient (Wildman–Crippen LogP) is 1.77. The largest absolute Gasteiger partial charge is 0.497 e.